The van der Waals surface area contributed by atoms with Crippen molar-refractivity contribution < 1.29 is 5.11 Å². The molecule has 1 N–H and O–H groups in total. The monoisotopic (exact) mass is 356 g/mol. The van der Waals surface area contributed by atoms with Crippen LogP contribution in [0.15, 0.2) is 51.8 Å². The van der Waals surface area contributed by atoms with Crippen LogP contribution in [0, 0.1) is 0 Å². The number of benzene rings is 2. The second-order valence-electron chi connectivity index (χ2n) is 4.23. The first-order chi connectivity index (χ1) is 9.10. The van der Waals surface area contributed by atoms with Crippen molar-refractivity contribution in [1.82, 2.24) is 0 Å². The number of halogens is 2. The normalized spacial score (nSPS) is 12.4. The Morgan fingerprint density at radius 3 is 2.47 bits per heavy atom. The summed E-state index contributed by atoms with van der Waals surface area (Å²) in [7, 11) is 0. The fourth-order valence-electron chi connectivity index (χ4n) is 1.84. The van der Waals surface area contributed by atoms with E-state index in [1.165, 1.54) is 4.90 Å². The van der Waals surface area contributed by atoms with Crippen molar-refractivity contribution in [2.75, 3.05) is 6.26 Å². The molecule has 0 aromatic heterocycles. The van der Waals surface area contributed by atoms with Crippen molar-refractivity contribution >= 4 is 39.3 Å². The molecule has 0 saturated heterocycles. The van der Waals surface area contributed by atoms with Crippen LogP contribution in [0.25, 0.3) is 0 Å². The summed E-state index contributed by atoms with van der Waals surface area (Å²) in [6.07, 6.45) is 2.02. The van der Waals surface area contributed by atoms with Crippen molar-refractivity contribution in [2.45, 2.75) is 17.4 Å². The summed E-state index contributed by atoms with van der Waals surface area (Å²) in [5.74, 6) is 0. The molecule has 0 fully saturated rings. The third-order valence-electron chi connectivity index (χ3n) is 2.93. The lowest BCUT2D eigenvalue weighted by atomic mass is 10.0. The first-order valence-electron chi connectivity index (χ1n) is 5.86. The quantitative estimate of drug-likeness (QED) is 0.768. The number of hydrogen-bond donors (Lipinski definition) is 1. The molecule has 1 nitrogen and oxygen atoms in total. The Hall–Kier alpha value is -0.480. The average molecular weight is 358 g/mol. The lowest BCUT2D eigenvalue weighted by Crippen LogP contribution is -2.02. The predicted octanol–water partition coefficient (Wildman–Crippen LogP) is 5.10. The molecule has 0 heterocycles. The maximum atomic E-state index is 10.3. The van der Waals surface area contributed by atoms with Crippen molar-refractivity contribution in [1.29, 1.82) is 0 Å². The number of aliphatic hydroxyl groups excluding tert-OH is 1. The van der Waals surface area contributed by atoms with E-state index in [4.69, 9.17) is 11.6 Å². The highest BCUT2D eigenvalue weighted by atomic mass is 79.9. The molecule has 0 aliphatic heterocycles. The third kappa shape index (κ3) is 3.99. The molecule has 0 bridgehead atoms. The van der Waals surface area contributed by atoms with E-state index in [1.54, 1.807) is 11.8 Å². The molecule has 2 aromatic rings. The molecule has 0 amide bonds. The first kappa shape index (κ1) is 14.9. The maximum Gasteiger partial charge on any atom is 0.0830 e. The smallest absolute Gasteiger partial charge is 0.0830 e. The number of hydrogen-bond acceptors (Lipinski definition) is 2. The molecule has 2 rings (SSSR count). The Bertz CT molecular complexity index is 557. The van der Waals surface area contributed by atoms with E-state index >= 15 is 0 Å². The molecule has 0 aliphatic rings. The molecule has 1 unspecified atom stereocenters. The molecule has 0 radical (unpaired) electrons. The Balaban J connectivity index is 2.13. The molecular weight excluding hydrogens is 344 g/mol. The topological polar surface area (TPSA) is 20.2 Å². The van der Waals surface area contributed by atoms with Gasteiger partial charge in [-0.2, -0.15) is 0 Å². The van der Waals surface area contributed by atoms with E-state index in [0.717, 1.165) is 15.6 Å². The van der Waals surface area contributed by atoms with Gasteiger partial charge < -0.3 is 5.11 Å². The minimum atomic E-state index is -0.533. The Morgan fingerprint density at radius 2 is 1.89 bits per heavy atom. The van der Waals surface area contributed by atoms with Crippen LogP contribution < -0.4 is 0 Å². The first-order valence-corrected chi connectivity index (χ1v) is 8.25. The third-order valence-corrected chi connectivity index (χ3v) is 4.52. The second-order valence-corrected chi connectivity index (χ2v) is 6.43. The zero-order valence-corrected chi connectivity index (χ0v) is 13.6. The van der Waals surface area contributed by atoms with Crippen molar-refractivity contribution in [3.8, 4) is 0 Å². The fraction of sp³-hybridized carbons (Fsp3) is 0.200. The molecule has 0 spiro atoms. The van der Waals surface area contributed by atoms with Gasteiger partial charge in [0.1, 0.15) is 0 Å². The van der Waals surface area contributed by atoms with Crippen LogP contribution in [0.1, 0.15) is 17.2 Å². The number of aliphatic hydroxyl groups is 1. The van der Waals surface area contributed by atoms with Crippen LogP contribution in [0.4, 0.5) is 0 Å². The zero-order valence-electron chi connectivity index (χ0n) is 10.4. The fourth-order valence-corrected chi connectivity index (χ4v) is 3.00. The predicted molar refractivity (Wildman–Crippen MR) is 86.0 cm³/mol. The summed E-state index contributed by atoms with van der Waals surface area (Å²) in [6.45, 7) is 0. The SMILES string of the molecule is CSc1ccc(C(O)Cc2ccc(Br)cc2Cl)cc1. The van der Waals surface area contributed by atoms with Crippen LogP contribution in [0.5, 0.6) is 0 Å². The van der Waals surface area contributed by atoms with Crippen molar-refractivity contribution in [2.24, 2.45) is 0 Å². The molecule has 0 saturated carbocycles. The van der Waals surface area contributed by atoms with Gasteiger partial charge in [-0.05, 0) is 41.6 Å². The minimum Gasteiger partial charge on any atom is -0.388 e. The molecular formula is C15H14BrClOS. The van der Waals surface area contributed by atoms with Gasteiger partial charge in [0.2, 0.25) is 0 Å². The van der Waals surface area contributed by atoms with Crippen LogP contribution in [-0.4, -0.2) is 11.4 Å². The van der Waals surface area contributed by atoms with Crippen molar-refractivity contribution in [3.05, 3.63) is 63.1 Å². The van der Waals surface area contributed by atoms with Crippen LogP contribution in [0.2, 0.25) is 5.02 Å². The summed E-state index contributed by atoms with van der Waals surface area (Å²) in [5.41, 5.74) is 1.86. The summed E-state index contributed by atoms with van der Waals surface area (Å²) >= 11 is 11.2. The summed E-state index contributed by atoms with van der Waals surface area (Å²) in [4.78, 5) is 1.19. The molecule has 4 heteroatoms. The van der Waals surface area contributed by atoms with Gasteiger partial charge in [-0.1, -0.05) is 45.7 Å². The molecule has 19 heavy (non-hydrogen) atoms. The van der Waals surface area contributed by atoms with E-state index in [-0.39, 0.29) is 0 Å². The minimum absolute atomic E-state index is 0.519. The van der Waals surface area contributed by atoms with Crippen LogP contribution in [0.3, 0.4) is 0 Å². The van der Waals surface area contributed by atoms with Gasteiger partial charge in [0.15, 0.2) is 0 Å². The summed E-state index contributed by atoms with van der Waals surface area (Å²) in [5, 5.41) is 10.9. The Morgan fingerprint density at radius 1 is 1.21 bits per heavy atom. The standard InChI is InChI=1S/C15H14BrClOS/c1-19-13-6-3-10(4-7-13)15(18)8-11-2-5-12(16)9-14(11)17/h2-7,9,15,18H,8H2,1H3. The molecule has 100 valence electrons. The van der Waals surface area contributed by atoms with E-state index in [0.29, 0.717) is 11.4 Å². The van der Waals surface area contributed by atoms with Crippen LogP contribution >= 0.6 is 39.3 Å². The molecule has 0 aliphatic carbocycles. The number of thioether (sulfide) groups is 1. The zero-order chi connectivity index (χ0) is 13.8. The van der Waals surface area contributed by atoms with Gasteiger partial charge in [-0.25, -0.2) is 0 Å². The van der Waals surface area contributed by atoms with Gasteiger partial charge in [-0.3, -0.25) is 0 Å². The highest BCUT2D eigenvalue weighted by Crippen LogP contribution is 2.27. The molecule has 2 aromatic carbocycles. The second kappa shape index (κ2) is 6.80. The summed E-state index contributed by atoms with van der Waals surface area (Å²) < 4.78 is 0.945. The van der Waals surface area contributed by atoms with E-state index in [2.05, 4.69) is 15.9 Å². The van der Waals surface area contributed by atoms with E-state index in [9.17, 15) is 5.11 Å². The Labute approximate surface area is 131 Å². The number of rotatable bonds is 4. The van der Waals surface area contributed by atoms with Gasteiger partial charge >= 0.3 is 0 Å². The highest BCUT2D eigenvalue weighted by molar-refractivity contribution is 9.10. The lowest BCUT2D eigenvalue weighted by Gasteiger charge is -2.13. The summed E-state index contributed by atoms with van der Waals surface area (Å²) in [6, 6.07) is 13.7. The highest BCUT2D eigenvalue weighted by Gasteiger charge is 2.11. The Kier molecular flexibility index (Phi) is 5.34. The largest absolute Gasteiger partial charge is 0.388 e. The van der Waals surface area contributed by atoms with Gasteiger partial charge in [0.25, 0.3) is 0 Å². The molecule has 1 atom stereocenters. The van der Waals surface area contributed by atoms with E-state index < -0.39 is 6.10 Å². The van der Waals surface area contributed by atoms with Crippen LogP contribution in [-0.2, 0) is 6.42 Å². The lowest BCUT2D eigenvalue weighted by molar-refractivity contribution is 0.178. The van der Waals surface area contributed by atoms with Gasteiger partial charge in [0, 0.05) is 20.8 Å². The van der Waals surface area contributed by atoms with E-state index in [1.807, 2.05) is 48.7 Å². The average Bonchev–Trinajstić information content (AvgIpc) is 2.42. The van der Waals surface area contributed by atoms with Gasteiger partial charge in [0.05, 0.1) is 6.10 Å². The maximum absolute atomic E-state index is 10.3. The van der Waals surface area contributed by atoms with Gasteiger partial charge in [-0.15, -0.1) is 11.8 Å². The van der Waals surface area contributed by atoms with Crippen molar-refractivity contribution in [3.63, 3.8) is 0 Å².